The zero-order valence-corrected chi connectivity index (χ0v) is 12.5. The molecule has 0 aliphatic rings. The first-order chi connectivity index (χ1) is 9.63. The first-order valence-electron chi connectivity index (χ1n) is 6.35. The van der Waals surface area contributed by atoms with E-state index in [0.717, 1.165) is 6.42 Å². The second-order valence-electron chi connectivity index (χ2n) is 4.31. The molecular formula is C16H14Cl2O2. The molecule has 0 saturated heterocycles. The summed E-state index contributed by atoms with van der Waals surface area (Å²) in [4.78, 5) is 12.4. The van der Waals surface area contributed by atoms with Gasteiger partial charge in [0.15, 0.2) is 5.78 Å². The summed E-state index contributed by atoms with van der Waals surface area (Å²) in [6.45, 7) is 2.65. The molecule has 0 radical (unpaired) electrons. The molecule has 0 aliphatic heterocycles. The van der Waals surface area contributed by atoms with Crippen molar-refractivity contribution in [3.63, 3.8) is 0 Å². The summed E-state index contributed by atoms with van der Waals surface area (Å²) in [6.07, 6.45) is 0.915. The molecule has 0 heterocycles. The van der Waals surface area contributed by atoms with Crippen LogP contribution in [0.3, 0.4) is 0 Å². The minimum Gasteiger partial charge on any atom is -0.494 e. The zero-order chi connectivity index (χ0) is 14.5. The Labute approximate surface area is 128 Å². The van der Waals surface area contributed by atoms with Gasteiger partial charge in [0.25, 0.3) is 0 Å². The van der Waals surface area contributed by atoms with Gasteiger partial charge < -0.3 is 4.74 Å². The maximum atomic E-state index is 12.4. The Bertz CT molecular complexity index is 624. The molecular weight excluding hydrogens is 295 g/mol. The van der Waals surface area contributed by atoms with Crippen molar-refractivity contribution in [2.45, 2.75) is 13.3 Å². The third kappa shape index (κ3) is 3.33. The van der Waals surface area contributed by atoms with Crippen molar-refractivity contribution in [1.29, 1.82) is 0 Å². The van der Waals surface area contributed by atoms with Crippen molar-refractivity contribution < 1.29 is 9.53 Å². The number of ether oxygens (including phenoxy) is 1. The van der Waals surface area contributed by atoms with E-state index in [1.54, 1.807) is 36.4 Å². The fourth-order valence-corrected chi connectivity index (χ4v) is 2.17. The van der Waals surface area contributed by atoms with Crippen LogP contribution in [0.5, 0.6) is 5.75 Å². The summed E-state index contributed by atoms with van der Waals surface area (Å²) < 4.78 is 5.52. The normalized spacial score (nSPS) is 10.3. The minimum atomic E-state index is -0.167. The van der Waals surface area contributed by atoms with Gasteiger partial charge in [-0.1, -0.05) is 48.3 Å². The molecule has 2 aromatic carbocycles. The van der Waals surface area contributed by atoms with E-state index in [1.807, 2.05) is 13.0 Å². The molecule has 0 saturated carbocycles. The van der Waals surface area contributed by atoms with E-state index in [0.29, 0.717) is 28.5 Å². The summed E-state index contributed by atoms with van der Waals surface area (Å²) in [6, 6.07) is 12.1. The van der Waals surface area contributed by atoms with E-state index < -0.39 is 0 Å². The van der Waals surface area contributed by atoms with Gasteiger partial charge in [0.05, 0.1) is 16.7 Å². The maximum Gasteiger partial charge on any atom is 0.194 e. The zero-order valence-electron chi connectivity index (χ0n) is 11.0. The summed E-state index contributed by atoms with van der Waals surface area (Å²) in [5.74, 6) is 0.510. The lowest BCUT2D eigenvalue weighted by atomic mass is 10.0. The molecule has 20 heavy (non-hydrogen) atoms. The Hall–Kier alpha value is -1.51. The highest BCUT2D eigenvalue weighted by Crippen LogP contribution is 2.28. The number of carbonyl (C=O) groups is 1. The molecule has 0 atom stereocenters. The van der Waals surface area contributed by atoms with Gasteiger partial charge in [-0.15, -0.1) is 0 Å². The maximum absolute atomic E-state index is 12.4. The molecule has 2 nitrogen and oxygen atoms in total. The van der Waals surface area contributed by atoms with Gasteiger partial charge in [0.1, 0.15) is 5.75 Å². The lowest BCUT2D eigenvalue weighted by molar-refractivity contribution is 0.103. The van der Waals surface area contributed by atoms with E-state index in [2.05, 4.69) is 0 Å². The number of halogens is 2. The third-order valence-electron chi connectivity index (χ3n) is 2.77. The van der Waals surface area contributed by atoms with Crippen LogP contribution < -0.4 is 4.74 Å². The summed E-state index contributed by atoms with van der Waals surface area (Å²) in [5.41, 5.74) is 0.926. The molecule has 2 aromatic rings. The monoisotopic (exact) mass is 308 g/mol. The van der Waals surface area contributed by atoms with Crippen molar-refractivity contribution in [2.75, 3.05) is 6.61 Å². The standard InChI is InChI=1S/C16H14Cl2O2/c1-2-9-20-12-6-3-5-11(10-12)16(19)13-7-4-8-14(17)15(13)18/h3-8,10H,2,9H2,1H3. The highest BCUT2D eigenvalue weighted by molar-refractivity contribution is 6.44. The summed E-state index contributed by atoms with van der Waals surface area (Å²) >= 11 is 12.0. The number of benzene rings is 2. The second-order valence-corrected chi connectivity index (χ2v) is 5.09. The van der Waals surface area contributed by atoms with Gasteiger partial charge in [0, 0.05) is 11.1 Å². The first kappa shape index (κ1) is 14.9. The van der Waals surface area contributed by atoms with Crippen LogP contribution in [-0.4, -0.2) is 12.4 Å². The molecule has 0 bridgehead atoms. The van der Waals surface area contributed by atoms with Crippen LogP contribution >= 0.6 is 23.2 Å². The molecule has 0 N–H and O–H groups in total. The Morgan fingerprint density at radius 3 is 2.65 bits per heavy atom. The van der Waals surface area contributed by atoms with E-state index in [1.165, 1.54) is 0 Å². The van der Waals surface area contributed by atoms with Gasteiger partial charge in [0.2, 0.25) is 0 Å². The Morgan fingerprint density at radius 2 is 1.90 bits per heavy atom. The number of rotatable bonds is 5. The predicted octanol–water partition coefficient (Wildman–Crippen LogP) is 5.01. The van der Waals surface area contributed by atoms with E-state index in [-0.39, 0.29) is 10.8 Å². The SMILES string of the molecule is CCCOc1cccc(C(=O)c2cccc(Cl)c2Cl)c1. The average Bonchev–Trinajstić information content (AvgIpc) is 2.47. The van der Waals surface area contributed by atoms with Crippen LogP contribution in [0.25, 0.3) is 0 Å². The Kier molecular flexibility index (Phi) is 5.05. The molecule has 0 aromatic heterocycles. The molecule has 0 aliphatic carbocycles. The van der Waals surface area contributed by atoms with Crippen molar-refractivity contribution in [2.24, 2.45) is 0 Å². The lowest BCUT2D eigenvalue weighted by Crippen LogP contribution is -2.03. The van der Waals surface area contributed by atoms with Crippen molar-refractivity contribution in [3.05, 3.63) is 63.6 Å². The molecule has 0 spiro atoms. The van der Waals surface area contributed by atoms with E-state index >= 15 is 0 Å². The highest BCUT2D eigenvalue weighted by atomic mass is 35.5. The van der Waals surface area contributed by atoms with Crippen LogP contribution in [0.15, 0.2) is 42.5 Å². The quantitative estimate of drug-likeness (QED) is 0.725. The molecule has 0 fully saturated rings. The fraction of sp³-hybridized carbons (Fsp3) is 0.188. The van der Waals surface area contributed by atoms with Crippen LogP contribution in [0.2, 0.25) is 10.0 Å². The smallest absolute Gasteiger partial charge is 0.194 e. The summed E-state index contributed by atoms with van der Waals surface area (Å²) in [5, 5.41) is 0.648. The average molecular weight is 309 g/mol. The number of hydrogen-bond acceptors (Lipinski definition) is 2. The Morgan fingerprint density at radius 1 is 1.15 bits per heavy atom. The van der Waals surface area contributed by atoms with E-state index in [4.69, 9.17) is 27.9 Å². The van der Waals surface area contributed by atoms with Gasteiger partial charge in [-0.25, -0.2) is 0 Å². The minimum absolute atomic E-state index is 0.167. The first-order valence-corrected chi connectivity index (χ1v) is 7.10. The van der Waals surface area contributed by atoms with Crippen molar-refractivity contribution in [3.8, 4) is 5.75 Å². The van der Waals surface area contributed by atoms with E-state index in [9.17, 15) is 4.79 Å². The molecule has 4 heteroatoms. The number of hydrogen-bond donors (Lipinski definition) is 0. The van der Waals surface area contributed by atoms with Crippen LogP contribution in [0.4, 0.5) is 0 Å². The molecule has 104 valence electrons. The summed E-state index contributed by atoms with van der Waals surface area (Å²) in [7, 11) is 0. The van der Waals surface area contributed by atoms with Crippen LogP contribution in [0.1, 0.15) is 29.3 Å². The molecule has 2 rings (SSSR count). The molecule has 0 unspecified atom stereocenters. The van der Waals surface area contributed by atoms with Crippen LogP contribution in [0, 0.1) is 0 Å². The van der Waals surface area contributed by atoms with Gasteiger partial charge in [-0.05, 0) is 30.7 Å². The second kappa shape index (κ2) is 6.78. The highest BCUT2D eigenvalue weighted by Gasteiger charge is 2.15. The van der Waals surface area contributed by atoms with Crippen molar-refractivity contribution in [1.82, 2.24) is 0 Å². The lowest BCUT2D eigenvalue weighted by Gasteiger charge is -2.08. The molecule has 0 amide bonds. The predicted molar refractivity (Wildman–Crippen MR) is 82.1 cm³/mol. The van der Waals surface area contributed by atoms with Gasteiger partial charge in [-0.3, -0.25) is 4.79 Å². The van der Waals surface area contributed by atoms with Crippen LogP contribution in [-0.2, 0) is 0 Å². The third-order valence-corrected chi connectivity index (χ3v) is 3.58. The number of carbonyl (C=O) groups excluding carboxylic acids is 1. The largest absolute Gasteiger partial charge is 0.494 e. The number of ketones is 1. The van der Waals surface area contributed by atoms with Gasteiger partial charge in [-0.2, -0.15) is 0 Å². The Balaban J connectivity index is 2.31. The topological polar surface area (TPSA) is 26.3 Å². The fourth-order valence-electron chi connectivity index (χ4n) is 1.78. The van der Waals surface area contributed by atoms with Crippen molar-refractivity contribution >= 4 is 29.0 Å². The van der Waals surface area contributed by atoms with Gasteiger partial charge >= 0.3 is 0 Å².